The summed E-state index contributed by atoms with van der Waals surface area (Å²) in [6.45, 7) is 1.70. The number of carboxylic acids is 1. The maximum atomic E-state index is 11.4. The van der Waals surface area contributed by atoms with Crippen molar-refractivity contribution in [1.82, 2.24) is 0 Å². The zero-order chi connectivity index (χ0) is 13.5. The van der Waals surface area contributed by atoms with Crippen molar-refractivity contribution in [3.05, 3.63) is 41.0 Å². The van der Waals surface area contributed by atoms with E-state index in [0.29, 0.717) is 11.1 Å². The highest BCUT2D eigenvalue weighted by Crippen LogP contribution is 2.10. The molecular formula is C13H11NO4. The van der Waals surface area contributed by atoms with Crippen LogP contribution in [0.25, 0.3) is 6.08 Å². The van der Waals surface area contributed by atoms with E-state index in [1.807, 2.05) is 6.07 Å². The summed E-state index contributed by atoms with van der Waals surface area (Å²) in [6.07, 6.45) is 1.21. The van der Waals surface area contributed by atoms with Gasteiger partial charge in [0, 0.05) is 0 Å². The quantitative estimate of drug-likeness (QED) is 0.376. The number of hydrogen-bond acceptors (Lipinski definition) is 4. The highest BCUT2D eigenvalue weighted by Gasteiger charge is 2.18. The van der Waals surface area contributed by atoms with Crippen molar-refractivity contribution in [2.75, 3.05) is 6.61 Å². The average Bonchev–Trinajstić information content (AvgIpc) is 2.36. The third-order valence-electron chi connectivity index (χ3n) is 2.08. The monoisotopic (exact) mass is 245 g/mol. The van der Waals surface area contributed by atoms with Crippen molar-refractivity contribution >= 4 is 18.0 Å². The van der Waals surface area contributed by atoms with Crippen LogP contribution in [0.5, 0.6) is 0 Å². The van der Waals surface area contributed by atoms with Crippen molar-refractivity contribution in [2.24, 2.45) is 0 Å². The number of esters is 1. The van der Waals surface area contributed by atoms with Crippen molar-refractivity contribution in [2.45, 2.75) is 6.92 Å². The highest BCUT2D eigenvalue weighted by atomic mass is 16.5. The first-order valence-corrected chi connectivity index (χ1v) is 5.20. The van der Waals surface area contributed by atoms with Gasteiger partial charge >= 0.3 is 11.9 Å². The second kappa shape index (κ2) is 6.21. The van der Waals surface area contributed by atoms with Crippen molar-refractivity contribution in [1.29, 1.82) is 5.26 Å². The Balaban J connectivity index is 3.05. The summed E-state index contributed by atoms with van der Waals surface area (Å²) in [4.78, 5) is 22.3. The first-order valence-electron chi connectivity index (χ1n) is 5.20. The molecule has 5 nitrogen and oxygen atoms in total. The SMILES string of the molecule is CCOC(=O)C(=Cc1ccc(C#N)cc1)C(=O)O. The van der Waals surface area contributed by atoms with E-state index in [1.54, 1.807) is 19.1 Å². The van der Waals surface area contributed by atoms with Crippen LogP contribution < -0.4 is 0 Å². The molecule has 92 valence electrons. The van der Waals surface area contributed by atoms with Gasteiger partial charge in [0.15, 0.2) is 0 Å². The van der Waals surface area contributed by atoms with Crippen molar-refractivity contribution in [3.8, 4) is 6.07 Å². The average molecular weight is 245 g/mol. The van der Waals surface area contributed by atoms with Gasteiger partial charge in [-0.2, -0.15) is 5.26 Å². The Bertz CT molecular complexity index is 523. The normalized spacial score (nSPS) is 10.6. The maximum Gasteiger partial charge on any atom is 0.345 e. The Hall–Kier alpha value is -2.61. The molecule has 0 bridgehead atoms. The third kappa shape index (κ3) is 3.46. The van der Waals surface area contributed by atoms with E-state index in [0.717, 1.165) is 0 Å². The Kier molecular flexibility index (Phi) is 4.64. The van der Waals surface area contributed by atoms with E-state index in [2.05, 4.69) is 4.74 Å². The number of carbonyl (C=O) groups is 2. The number of aliphatic carboxylic acids is 1. The lowest BCUT2D eigenvalue weighted by molar-refractivity contribution is -0.143. The molecular weight excluding hydrogens is 234 g/mol. The fourth-order valence-electron chi connectivity index (χ4n) is 1.24. The molecule has 0 saturated heterocycles. The zero-order valence-corrected chi connectivity index (χ0v) is 9.71. The van der Waals surface area contributed by atoms with E-state index in [1.165, 1.54) is 18.2 Å². The van der Waals surface area contributed by atoms with Crippen LogP contribution in [0.3, 0.4) is 0 Å². The molecule has 0 saturated carbocycles. The van der Waals surface area contributed by atoms with E-state index >= 15 is 0 Å². The topological polar surface area (TPSA) is 87.4 Å². The Morgan fingerprint density at radius 2 is 2.00 bits per heavy atom. The molecule has 5 heteroatoms. The second-order valence-corrected chi connectivity index (χ2v) is 3.32. The van der Waals surface area contributed by atoms with Gasteiger partial charge in [0.1, 0.15) is 5.57 Å². The predicted octanol–water partition coefficient (Wildman–Crippen LogP) is 1.59. The predicted molar refractivity (Wildman–Crippen MR) is 63.4 cm³/mol. The molecule has 0 heterocycles. The molecule has 1 aromatic carbocycles. The van der Waals surface area contributed by atoms with Gasteiger partial charge in [-0.1, -0.05) is 12.1 Å². The summed E-state index contributed by atoms with van der Waals surface area (Å²) in [5, 5.41) is 17.5. The first-order chi connectivity index (χ1) is 8.58. The number of nitriles is 1. The lowest BCUT2D eigenvalue weighted by Gasteiger charge is -2.02. The lowest BCUT2D eigenvalue weighted by atomic mass is 10.1. The number of rotatable bonds is 4. The number of carboxylic acid groups (broad SMARTS) is 1. The molecule has 0 atom stereocenters. The molecule has 1 rings (SSSR count). The number of nitrogens with zero attached hydrogens (tertiary/aromatic N) is 1. The summed E-state index contributed by atoms with van der Waals surface area (Å²) >= 11 is 0. The minimum atomic E-state index is -1.35. The van der Waals surface area contributed by atoms with Gasteiger partial charge < -0.3 is 9.84 Å². The number of ether oxygens (including phenoxy) is 1. The Labute approximate surface area is 104 Å². The molecule has 1 N–H and O–H groups in total. The minimum absolute atomic E-state index is 0.108. The van der Waals surface area contributed by atoms with Crippen molar-refractivity contribution < 1.29 is 19.4 Å². The molecule has 0 spiro atoms. The van der Waals surface area contributed by atoms with Crippen LogP contribution in [0.15, 0.2) is 29.8 Å². The van der Waals surface area contributed by atoms with Gasteiger partial charge in [0.05, 0.1) is 18.2 Å². The van der Waals surface area contributed by atoms with Gasteiger partial charge in [0.25, 0.3) is 0 Å². The van der Waals surface area contributed by atoms with Crippen LogP contribution >= 0.6 is 0 Å². The summed E-state index contributed by atoms with van der Waals surface area (Å²) in [5.74, 6) is -2.23. The molecule has 1 aromatic rings. The van der Waals surface area contributed by atoms with Crippen LogP contribution in [0, 0.1) is 11.3 Å². The second-order valence-electron chi connectivity index (χ2n) is 3.32. The molecule has 0 unspecified atom stereocenters. The fourth-order valence-corrected chi connectivity index (χ4v) is 1.24. The number of hydrogen-bond donors (Lipinski definition) is 1. The summed E-state index contributed by atoms with van der Waals surface area (Å²) in [6, 6.07) is 8.13. The molecule has 0 aliphatic rings. The lowest BCUT2D eigenvalue weighted by Crippen LogP contribution is -2.15. The van der Waals surface area contributed by atoms with E-state index in [4.69, 9.17) is 10.4 Å². The summed E-state index contributed by atoms with van der Waals surface area (Å²) < 4.78 is 4.64. The molecule has 18 heavy (non-hydrogen) atoms. The zero-order valence-electron chi connectivity index (χ0n) is 9.71. The summed E-state index contributed by atoms with van der Waals surface area (Å²) in [7, 11) is 0. The Morgan fingerprint density at radius 3 is 2.44 bits per heavy atom. The first kappa shape index (κ1) is 13.5. The van der Waals surface area contributed by atoms with Gasteiger partial charge in [-0.15, -0.1) is 0 Å². The van der Waals surface area contributed by atoms with Crippen molar-refractivity contribution in [3.63, 3.8) is 0 Å². The van der Waals surface area contributed by atoms with Gasteiger partial charge in [0.2, 0.25) is 0 Å². The summed E-state index contributed by atoms with van der Waals surface area (Å²) in [5.41, 5.74) is 0.529. The van der Waals surface area contributed by atoms with Crippen LogP contribution in [0.1, 0.15) is 18.1 Å². The van der Waals surface area contributed by atoms with Crippen LogP contribution in [0.4, 0.5) is 0 Å². The molecule has 0 aromatic heterocycles. The van der Waals surface area contributed by atoms with E-state index < -0.39 is 17.5 Å². The highest BCUT2D eigenvalue weighted by molar-refractivity contribution is 6.16. The number of carbonyl (C=O) groups excluding carboxylic acids is 1. The van der Waals surface area contributed by atoms with Crippen LogP contribution in [-0.2, 0) is 14.3 Å². The third-order valence-corrected chi connectivity index (χ3v) is 2.08. The largest absolute Gasteiger partial charge is 0.477 e. The smallest absolute Gasteiger partial charge is 0.345 e. The van der Waals surface area contributed by atoms with E-state index in [9.17, 15) is 9.59 Å². The van der Waals surface area contributed by atoms with Gasteiger partial charge in [-0.25, -0.2) is 9.59 Å². The van der Waals surface area contributed by atoms with Gasteiger partial charge in [-0.3, -0.25) is 0 Å². The standard InChI is InChI=1S/C13H11NO4/c1-2-18-13(17)11(12(15)16)7-9-3-5-10(8-14)6-4-9/h3-7H,2H2,1H3,(H,15,16). The molecule has 0 aliphatic carbocycles. The van der Waals surface area contributed by atoms with E-state index in [-0.39, 0.29) is 6.61 Å². The molecule has 0 fully saturated rings. The van der Waals surface area contributed by atoms with Crippen LogP contribution in [-0.4, -0.2) is 23.7 Å². The molecule has 0 amide bonds. The van der Waals surface area contributed by atoms with Crippen LogP contribution in [0.2, 0.25) is 0 Å². The van der Waals surface area contributed by atoms with Gasteiger partial charge in [-0.05, 0) is 30.7 Å². The fraction of sp³-hybridized carbons (Fsp3) is 0.154. The minimum Gasteiger partial charge on any atom is -0.477 e. The molecule has 0 aliphatic heterocycles. The molecule has 0 radical (unpaired) electrons. The maximum absolute atomic E-state index is 11.4. The number of benzene rings is 1. The Morgan fingerprint density at radius 1 is 1.39 bits per heavy atom.